The molecule has 0 spiro atoms. The number of ether oxygens (including phenoxy) is 1. The summed E-state index contributed by atoms with van der Waals surface area (Å²) < 4.78 is 6.85. The third kappa shape index (κ3) is 2.61. The first kappa shape index (κ1) is 14.0. The van der Waals surface area contributed by atoms with Gasteiger partial charge in [0.25, 0.3) is 0 Å². The number of carbonyl (C=O) groups is 2. The largest absolute Gasteiger partial charge is 0.421 e. The van der Waals surface area contributed by atoms with E-state index in [1.165, 1.54) is 17.7 Å². The Hall–Kier alpha value is -2.95. The van der Waals surface area contributed by atoms with E-state index in [-0.39, 0.29) is 5.91 Å². The van der Waals surface area contributed by atoms with E-state index in [0.717, 1.165) is 16.5 Å². The minimum Gasteiger partial charge on any atom is -0.421 e. The van der Waals surface area contributed by atoms with Gasteiger partial charge in [0.05, 0.1) is 17.3 Å². The summed E-state index contributed by atoms with van der Waals surface area (Å²) in [6.07, 6.45) is 4.87. The van der Waals surface area contributed by atoms with Crippen LogP contribution in [0.15, 0.2) is 48.9 Å². The van der Waals surface area contributed by atoms with Crippen molar-refractivity contribution >= 4 is 22.8 Å². The molecule has 2 aromatic heterocycles. The smallest absolute Gasteiger partial charge is 0.343 e. The molecule has 0 radical (unpaired) electrons. The van der Waals surface area contributed by atoms with Crippen molar-refractivity contribution < 1.29 is 14.3 Å². The molecule has 5 nitrogen and oxygen atoms in total. The highest BCUT2D eigenvalue weighted by Crippen LogP contribution is 2.19. The molecule has 0 aliphatic carbocycles. The molecular formula is C17H14N2O3. The van der Waals surface area contributed by atoms with Gasteiger partial charge in [-0.05, 0) is 42.8 Å². The molecule has 0 bridgehead atoms. The third-order valence-corrected chi connectivity index (χ3v) is 3.33. The summed E-state index contributed by atoms with van der Waals surface area (Å²) in [5.41, 5.74) is 2.11. The molecule has 3 rings (SSSR count). The van der Waals surface area contributed by atoms with Crippen LogP contribution in [0.4, 0.5) is 0 Å². The summed E-state index contributed by atoms with van der Waals surface area (Å²) in [6.45, 7) is 3.37. The second-order valence-corrected chi connectivity index (χ2v) is 5.07. The Labute approximate surface area is 127 Å². The van der Waals surface area contributed by atoms with Crippen molar-refractivity contribution in [3.05, 3.63) is 60.0 Å². The number of nitrogens with zero attached hydrogens (tertiary/aromatic N) is 2. The zero-order chi connectivity index (χ0) is 15.7. The highest BCUT2D eigenvalue weighted by molar-refractivity contribution is 5.98. The molecule has 0 atom stereocenters. The zero-order valence-corrected chi connectivity index (χ0v) is 12.2. The van der Waals surface area contributed by atoms with E-state index < -0.39 is 5.97 Å². The Morgan fingerprint density at radius 2 is 1.95 bits per heavy atom. The number of esters is 1. The third-order valence-electron chi connectivity index (χ3n) is 3.33. The zero-order valence-electron chi connectivity index (χ0n) is 12.2. The molecule has 0 aliphatic heterocycles. The number of rotatable bonds is 2. The number of fused-ring (bicyclic) bond motifs is 1. The molecular weight excluding hydrogens is 280 g/mol. The van der Waals surface area contributed by atoms with Crippen LogP contribution in [-0.2, 0) is 0 Å². The fourth-order valence-corrected chi connectivity index (χ4v) is 2.29. The Balaban J connectivity index is 1.90. The van der Waals surface area contributed by atoms with Crippen LogP contribution in [0.3, 0.4) is 0 Å². The first-order valence-corrected chi connectivity index (χ1v) is 6.80. The second-order valence-electron chi connectivity index (χ2n) is 5.07. The van der Waals surface area contributed by atoms with E-state index in [0.29, 0.717) is 11.3 Å². The summed E-state index contributed by atoms with van der Waals surface area (Å²) in [7, 11) is 0. The van der Waals surface area contributed by atoms with Crippen LogP contribution in [-0.4, -0.2) is 21.4 Å². The summed E-state index contributed by atoms with van der Waals surface area (Å²) in [6, 6.07) is 8.63. The average Bonchev–Trinajstić information content (AvgIpc) is 2.90. The van der Waals surface area contributed by atoms with Crippen molar-refractivity contribution in [1.29, 1.82) is 0 Å². The van der Waals surface area contributed by atoms with E-state index in [9.17, 15) is 9.59 Å². The molecule has 0 saturated heterocycles. The van der Waals surface area contributed by atoms with Crippen LogP contribution < -0.4 is 4.74 Å². The van der Waals surface area contributed by atoms with Gasteiger partial charge in [0.15, 0.2) is 0 Å². The van der Waals surface area contributed by atoms with Crippen LogP contribution >= 0.6 is 0 Å². The molecule has 0 fully saturated rings. The number of hydrogen-bond donors (Lipinski definition) is 0. The quantitative estimate of drug-likeness (QED) is 0.681. The number of aryl methyl sites for hydroxylation is 1. The lowest BCUT2D eigenvalue weighted by Gasteiger charge is -2.05. The van der Waals surface area contributed by atoms with Gasteiger partial charge in [-0.25, -0.2) is 4.79 Å². The lowest BCUT2D eigenvalue weighted by atomic mass is 10.1. The summed E-state index contributed by atoms with van der Waals surface area (Å²) in [5.74, 6) is -0.118. The molecule has 3 aromatic rings. The van der Waals surface area contributed by atoms with Crippen LogP contribution in [0.1, 0.15) is 27.6 Å². The fraction of sp³-hybridized carbons (Fsp3) is 0.118. The van der Waals surface area contributed by atoms with Crippen molar-refractivity contribution in [2.75, 3.05) is 0 Å². The molecule has 0 aliphatic rings. The first-order chi connectivity index (χ1) is 10.5. The maximum absolute atomic E-state index is 12.2. The molecule has 0 amide bonds. The predicted octanol–water partition coefficient (Wildman–Crippen LogP) is 3.22. The van der Waals surface area contributed by atoms with Crippen molar-refractivity contribution in [2.45, 2.75) is 13.8 Å². The van der Waals surface area contributed by atoms with Crippen LogP contribution in [0, 0.1) is 6.92 Å². The molecule has 22 heavy (non-hydrogen) atoms. The van der Waals surface area contributed by atoms with Gasteiger partial charge in [-0.1, -0.05) is 0 Å². The fourth-order valence-electron chi connectivity index (χ4n) is 2.29. The first-order valence-electron chi connectivity index (χ1n) is 6.80. The minimum absolute atomic E-state index is 0.0730. The number of pyridine rings is 1. The van der Waals surface area contributed by atoms with E-state index >= 15 is 0 Å². The summed E-state index contributed by atoms with van der Waals surface area (Å²) >= 11 is 0. The molecule has 5 heteroatoms. The summed E-state index contributed by atoms with van der Waals surface area (Å²) in [5, 5.41) is 0.812. The van der Waals surface area contributed by atoms with Gasteiger partial charge in [-0.3, -0.25) is 14.3 Å². The van der Waals surface area contributed by atoms with Crippen molar-refractivity contribution in [1.82, 2.24) is 9.55 Å². The maximum Gasteiger partial charge on any atom is 0.343 e. The Kier molecular flexibility index (Phi) is 3.47. The van der Waals surface area contributed by atoms with Gasteiger partial charge in [-0.2, -0.15) is 0 Å². The number of carbonyl (C=O) groups excluding carboxylic acids is 2. The molecule has 0 unspecified atom stereocenters. The molecule has 0 N–H and O–H groups in total. The van der Waals surface area contributed by atoms with Crippen LogP contribution in [0.5, 0.6) is 5.75 Å². The van der Waals surface area contributed by atoms with E-state index in [1.54, 1.807) is 42.7 Å². The Morgan fingerprint density at radius 3 is 2.68 bits per heavy atom. The van der Waals surface area contributed by atoms with E-state index in [1.807, 2.05) is 6.92 Å². The Morgan fingerprint density at radius 1 is 1.14 bits per heavy atom. The van der Waals surface area contributed by atoms with Gasteiger partial charge in [0.2, 0.25) is 5.91 Å². The van der Waals surface area contributed by atoms with Gasteiger partial charge in [-0.15, -0.1) is 0 Å². The average molecular weight is 294 g/mol. The molecule has 0 saturated carbocycles. The normalized spacial score (nSPS) is 10.6. The minimum atomic E-state index is -0.454. The number of hydrogen-bond acceptors (Lipinski definition) is 4. The Bertz CT molecular complexity index is 880. The highest BCUT2D eigenvalue weighted by Gasteiger charge is 2.12. The van der Waals surface area contributed by atoms with Crippen molar-refractivity contribution in [3.8, 4) is 5.75 Å². The maximum atomic E-state index is 12.2. The van der Waals surface area contributed by atoms with Crippen LogP contribution in [0.2, 0.25) is 0 Å². The topological polar surface area (TPSA) is 61.2 Å². The van der Waals surface area contributed by atoms with E-state index in [2.05, 4.69) is 4.98 Å². The molecule has 1 aromatic carbocycles. The highest BCUT2D eigenvalue weighted by atomic mass is 16.5. The van der Waals surface area contributed by atoms with Crippen molar-refractivity contribution in [3.63, 3.8) is 0 Å². The van der Waals surface area contributed by atoms with Gasteiger partial charge < -0.3 is 4.74 Å². The van der Waals surface area contributed by atoms with E-state index in [4.69, 9.17) is 4.74 Å². The second kappa shape index (κ2) is 5.44. The van der Waals surface area contributed by atoms with Gasteiger partial charge in [0, 0.05) is 24.7 Å². The predicted molar refractivity (Wildman–Crippen MR) is 82.2 cm³/mol. The van der Waals surface area contributed by atoms with Crippen molar-refractivity contribution in [2.24, 2.45) is 0 Å². The lowest BCUT2D eigenvalue weighted by Crippen LogP contribution is -2.09. The molecule has 110 valence electrons. The monoisotopic (exact) mass is 294 g/mol. The standard InChI is InChI=1S/C17H14N2O3/c1-11-7-15(10-18-9-11)22-17(21)14-3-4-16-13(8-14)5-6-19(16)12(2)20/h3-10H,1-2H3. The van der Waals surface area contributed by atoms with Crippen LogP contribution in [0.25, 0.3) is 10.9 Å². The SMILES string of the molecule is CC(=O)n1ccc2cc(C(=O)Oc3cncc(C)c3)ccc21. The van der Waals surface area contributed by atoms with Gasteiger partial charge >= 0.3 is 5.97 Å². The number of benzene rings is 1. The van der Waals surface area contributed by atoms with Gasteiger partial charge in [0.1, 0.15) is 5.75 Å². The lowest BCUT2D eigenvalue weighted by molar-refractivity contribution is 0.0734. The number of aromatic nitrogens is 2. The molecule has 2 heterocycles. The summed E-state index contributed by atoms with van der Waals surface area (Å²) in [4.78, 5) is 27.6.